The summed E-state index contributed by atoms with van der Waals surface area (Å²) in [6, 6.07) is 15.4. The molecule has 0 aromatic heterocycles. The van der Waals surface area contributed by atoms with Gasteiger partial charge >= 0.3 is 0 Å². The lowest BCUT2D eigenvalue weighted by molar-refractivity contribution is -0.127. The van der Waals surface area contributed by atoms with E-state index in [1.54, 1.807) is 11.9 Å². The lowest BCUT2D eigenvalue weighted by Gasteiger charge is -2.34. The number of benzene rings is 2. The van der Waals surface area contributed by atoms with Gasteiger partial charge in [-0.3, -0.25) is 4.79 Å². The first kappa shape index (κ1) is 20.9. The van der Waals surface area contributed by atoms with Crippen LogP contribution in [0.2, 0.25) is 0 Å². The maximum absolute atomic E-state index is 13.0. The van der Waals surface area contributed by atoms with Crippen LogP contribution in [-0.2, 0) is 27.2 Å². The Hall–Kier alpha value is -2.35. The number of nitrogens with one attached hydrogen (secondary N) is 1. The maximum Gasteiger partial charge on any atom is 0.239 e. The Morgan fingerprint density at radius 1 is 1.23 bits per heavy atom. The number of likely N-dealkylation sites (N-methyl/N-ethyl adjacent to an activating group) is 1. The summed E-state index contributed by atoms with van der Waals surface area (Å²) in [5.74, 6) is -0.111. The minimum absolute atomic E-state index is 0.111. The van der Waals surface area contributed by atoms with Crippen LogP contribution in [0, 0.1) is 0 Å². The molecule has 1 saturated heterocycles. The summed E-state index contributed by atoms with van der Waals surface area (Å²) in [6.45, 7) is 3.26. The topological polar surface area (TPSA) is 61.9 Å². The molecular formula is C23H27N3O3S. The minimum atomic E-state index is -0.528. The van der Waals surface area contributed by atoms with E-state index in [0.717, 1.165) is 38.2 Å². The van der Waals surface area contributed by atoms with Gasteiger partial charge in [-0.05, 0) is 61.2 Å². The molecule has 6 nitrogen and oxygen atoms in total. The summed E-state index contributed by atoms with van der Waals surface area (Å²) in [5, 5.41) is 2.94. The molecule has 0 saturated carbocycles. The Kier molecular flexibility index (Phi) is 6.72. The molecule has 158 valence electrons. The molecule has 2 atom stereocenters. The van der Waals surface area contributed by atoms with Crippen LogP contribution in [0.4, 0.5) is 5.69 Å². The van der Waals surface area contributed by atoms with Crippen molar-refractivity contribution < 1.29 is 14.3 Å². The van der Waals surface area contributed by atoms with Gasteiger partial charge in [-0.25, -0.2) is 4.31 Å². The zero-order valence-electron chi connectivity index (χ0n) is 17.1. The van der Waals surface area contributed by atoms with Gasteiger partial charge in [-0.1, -0.05) is 30.3 Å². The van der Waals surface area contributed by atoms with Crippen LogP contribution in [0.15, 0.2) is 53.4 Å². The van der Waals surface area contributed by atoms with E-state index in [4.69, 9.17) is 4.74 Å². The third-order valence-electron chi connectivity index (χ3n) is 5.61. The highest BCUT2D eigenvalue weighted by Crippen LogP contribution is 2.36. The zero-order chi connectivity index (χ0) is 20.9. The summed E-state index contributed by atoms with van der Waals surface area (Å²) in [5.41, 5.74) is 3.38. The number of carbonyl (C=O) groups excluding carboxylic acids is 2. The average Bonchev–Trinajstić information content (AvgIpc) is 2.79. The smallest absolute Gasteiger partial charge is 0.239 e. The predicted molar refractivity (Wildman–Crippen MR) is 119 cm³/mol. The largest absolute Gasteiger partial charge is 0.378 e. The number of amides is 1. The normalized spacial score (nSPS) is 20.3. The van der Waals surface area contributed by atoms with Crippen LogP contribution in [0.3, 0.4) is 0 Å². The van der Waals surface area contributed by atoms with Crippen molar-refractivity contribution in [3.63, 3.8) is 0 Å². The number of hydrogen-bond donors (Lipinski definition) is 1. The molecule has 0 radical (unpaired) electrons. The van der Waals surface area contributed by atoms with Crippen molar-refractivity contribution >= 4 is 29.8 Å². The predicted octanol–water partition coefficient (Wildman–Crippen LogP) is 2.31. The van der Waals surface area contributed by atoms with Crippen molar-refractivity contribution in [1.29, 1.82) is 0 Å². The molecule has 0 aliphatic carbocycles. The Morgan fingerprint density at radius 3 is 2.73 bits per heavy atom. The van der Waals surface area contributed by atoms with E-state index in [9.17, 15) is 9.59 Å². The fraction of sp³-hybridized carbons (Fsp3) is 0.391. The highest BCUT2D eigenvalue weighted by molar-refractivity contribution is 7.97. The Bertz CT molecular complexity index is 887. The van der Waals surface area contributed by atoms with Crippen LogP contribution >= 0.6 is 11.9 Å². The van der Waals surface area contributed by atoms with Gasteiger partial charge in [-0.2, -0.15) is 0 Å². The Balaban J connectivity index is 1.44. The van der Waals surface area contributed by atoms with Crippen LogP contribution in [-0.4, -0.2) is 61.9 Å². The van der Waals surface area contributed by atoms with Gasteiger partial charge in [-0.15, -0.1) is 0 Å². The maximum atomic E-state index is 13.0. The van der Waals surface area contributed by atoms with E-state index in [1.165, 1.54) is 16.1 Å². The number of nitrogens with zero attached hydrogens (tertiary/aromatic N) is 2. The van der Waals surface area contributed by atoms with Gasteiger partial charge in [0.1, 0.15) is 12.3 Å². The number of fused-ring (bicyclic) bond motifs is 1. The van der Waals surface area contributed by atoms with Gasteiger partial charge < -0.3 is 19.7 Å². The summed E-state index contributed by atoms with van der Waals surface area (Å²) < 4.78 is 7.44. The average molecular weight is 426 g/mol. The number of ether oxygens (including phenoxy) is 1. The molecule has 1 fully saturated rings. The van der Waals surface area contributed by atoms with E-state index < -0.39 is 6.04 Å². The van der Waals surface area contributed by atoms with Crippen molar-refractivity contribution in [1.82, 2.24) is 9.62 Å². The Labute approximate surface area is 181 Å². The minimum Gasteiger partial charge on any atom is -0.378 e. The molecular weight excluding hydrogens is 398 g/mol. The molecule has 2 aliphatic rings. The first-order valence-electron chi connectivity index (χ1n) is 10.3. The number of morpholine rings is 1. The summed E-state index contributed by atoms with van der Waals surface area (Å²) in [4.78, 5) is 28.1. The molecule has 2 aliphatic heterocycles. The SMILES string of the molecule is CN1Sc2ccc(N3CCOCC3)cc2CC1C(=O)N[C@H](C=O)Cc1ccccc1. The summed E-state index contributed by atoms with van der Waals surface area (Å²) >= 11 is 1.58. The molecule has 0 spiro atoms. The first-order chi connectivity index (χ1) is 14.6. The van der Waals surface area contributed by atoms with Gasteiger partial charge in [0.05, 0.1) is 19.3 Å². The van der Waals surface area contributed by atoms with Crippen molar-refractivity contribution in [2.45, 2.75) is 29.8 Å². The van der Waals surface area contributed by atoms with E-state index in [2.05, 4.69) is 28.4 Å². The number of aldehydes is 1. The van der Waals surface area contributed by atoms with E-state index >= 15 is 0 Å². The molecule has 7 heteroatoms. The molecule has 1 N–H and O–H groups in total. The molecule has 2 heterocycles. The van der Waals surface area contributed by atoms with Crippen LogP contribution in [0.25, 0.3) is 0 Å². The molecule has 0 bridgehead atoms. The van der Waals surface area contributed by atoms with Crippen LogP contribution < -0.4 is 10.2 Å². The molecule has 30 heavy (non-hydrogen) atoms. The van der Waals surface area contributed by atoms with Gasteiger partial charge in [0.15, 0.2) is 0 Å². The third kappa shape index (κ3) is 4.86. The number of rotatable bonds is 6. The highest BCUT2D eigenvalue weighted by atomic mass is 32.2. The van der Waals surface area contributed by atoms with Crippen molar-refractivity contribution in [2.24, 2.45) is 0 Å². The second-order valence-electron chi connectivity index (χ2n) is 7.69. The quantitative estimate of drug-likeness (QED) is 0.566. The van der Waals surface area contributed by atoms with Crippen molar-refractivity contribution in [2.75, 3.05) is 38.3 Å². The molecule has 4 rings (SSSR count). The number of anilines is 1. The first-order valence-corrected chi connectivity index (χ1v) is 11.1. The third-order valence-corrected chi connectivity index (χ3v) is 6.75. The molecule has 2 aromatic rings. The van der Waals surface area contributed by atoms with E-state index in [0.29, 0.717) is 12.8 Å². The van der Waals surface area contributed by atoms with Gasteiger partial charge in [0.25, 0.3) is 0 Å². The lowest BCUT2D eigenvalue weighted by Crippen LogP contribution is -2.49. The summed E-state index contributed by atoms with van der Waals surface area (Å²) in [7, 11) is 1.93. The van der Waals surface area contributed by atoms with E-state index in [1.807, 2.05) is 41.7 Å². The lowest BCUT2D eigenvalue weighted by atomic mass is 10.0. The monoisotopic (exact) mass is 425 g/mol. The standard InChI is InChI=1S/C23H27N3O3S/c1-25-21(23(28)24-19(16-27)13-17-5-3-2-4-6-17)15-18-14-20(7-8-22(18)30-25)26-9-11-29-12-10-26/h2-8,14,16,19,21H,9-13,15H2,1H3,(H,24,28)/t19-,21?/m0/s1. The van der Waals surface area contributed by atoms with Gasteiger partial charge in [0.2, 0.25) is 5.91 Å². The van der Waals surface area contributed by atoms with Crippen molar-refractivity contribution in [3.8, 4) is 0 Å². The van der Waals surface area contributed by atoms with Crippen molar-refractivity contribution in [3.05, 3.63) is 59.7 Å². The van der Waals surface area contributed by atoms with Crippen LogP contribution in [0.1, 0.15) is 11.1 Å². The second kappa shape index (κ2) is 9.64. The van der Waals surface area contributed by atoms with E-state index in [-0.39, 0.29) is 11.9 Å². The molecule has 2 aromatic carbocycles. The van der Waals surface area contributed by atoms with Crippen LogP contribution in [0.5, 0.6) is 0 Å². The molecule has 1 amide bonds. The second-order valence-corrected chi connectivity index (χ2v) is 8.89. The number of hydrogen-bond acceptors (Lipinski definition) is 6. The Morgan fingerprint density at radius 2 is 2.00 bits per heavy atom. The fourth-order valence-corrected chi connectivity index (χ4v) is 4.92. The zero-order valence-corrected chi connectivity index (χ0v) is 17.9. The molecule has 1 unspecified atom stereocenters. The highest BCUT2D eigenvalue weighted by Gasteiger charge is 2.31. The number of carbonyl (C=O) groups is 2. The fourth-order valence-electron chi connectivity index (χ4n) is 3.93. The summed E-state index contributed by atoms with van der Waals surface area (Å²) in [6.07, 6.45) is 1.95. The van der Waals surface area contributed by atoms with Gasteiger partial charge in [0, 0.05) is 23.7 Å².